The maximum atomic E-state index is 13.7. The summed E-state index contributed by atoms with van der Waals surface area (Å²) in [6.45, 7) is 1.96. The second-order valence-electron chi connectivity index (χ2n) is 3.87. The molecule has 2 aromatic rings. The number of aromatic nitrogens is 1. The van der Waals surface area contributed by atoms with Crippen LogP contribution < -0.4 is 16.0 Å². The van der Waals surface area contributed by atoms with Crippen molar-refractivity contribution in [3.05, 3.63) is 53.5 Å². The Balaban J connectivity index is 2.04. The highest BCUT2D eigenvalue weighted by Crippen LogP contribution is 2.20. The van der Waals surface area contributed by atoms with E-state index in [1.165, 1.54) is 0 Å². The van der Waals surface area contributed by atoms with E-state index in [0.717, 1.165) is 5.56 Å². The maximum Gasteiger partial charge on any atom is 0.167 e. The summed E-state index contributed by atoms with van der Waals surface area (Å²) in [6, 6.07) is 8.60. The number of pyridine rings is 1. The van der Waals surface area contributed by atoms with E-state index in [2.05, 4.69) is 10.4 Å². The van der Waals surface area contributed by atoms with Gasteiger partial charge in [-0.3, -0.25) is 0 Å². The summed E-state index contributed by atoms with van der Waals surface area (Å²) < 4.78 is 19.1. The number of hydrogen-bond donors (Lipinski definition) is 2. The SMILES string of the molecule is Cc1cccc(OCc2ccc(NN)nc2)c1F. The molecule has 0 spiro atoms. The molecular weight excluding hydrogens is 233 g/mol. The van der Waals surface area contributed by atoms with Gasteiger partial charge in [0.1, 0.15) is 12.4 Å². The van der Waals surface area contributed by atoms with Gasteiger partial charge in [-0.25, -0.2) is 15.2 Å². The van der Waals surface area contributed by atoms with Gasteiger partial charge in [-0.1, -0.05) is 18.2 Å². The molecule has 0 aliphatic carbocycles. The Morgan fingerprint density at radius 1 is 1.33 bits per heavy atom. The Morgan fingerprint density at radius 2 is 2.17 bits per heavy atom. The van der Waals surface area contributed by atoms with E-state index in [1.807, 2.05) is 6.07 Å². The van der Waals surface area contributed by atoms with Gasteiger partial charge >= 0.3 is 0 Å². The van der Waals surface area contributed by atoms with Crippen LogP contribution in [0.2, 0.25) is 0 Å². The molecule has 0 bridgehead atoms. The molecule has 0 saturated heterocycles. The zero-order valence-electron chi connectivity index (χ0n) is 9.98. The zero-order valence-corrected chi connectivity index (χ0v) is 9.98. The molecular formula is C13H14FN3O. The van der Waals surface area contributed by atoms with E-state index >= 15 is 0 Å². The molecule has 18 heavy (non-hydrogen) atoms. The lowest BCUT2D eigenvalue weighted by atomic mass is 10.2. The number of hydrazine groups is 1. The first-order valence-electron chi connectivity index (χ1n) is 5.50. The second kappa shape index (κ2) is 5.46. The Labute approximate surface area is 105 Å². The summed E-state index contributed by atoms with van der Waals surface area (Å²) in [5.74, 6) is 5.70. The molecule has 0 radical (unpaired) electrons. The fourth-order valence-corrected chi connectivity index (χ4v) is 1.49. The number of nitrogens with zero attached hydrogens (tertiary/aromatic N) is 1. The molecule has 0 aliphatic rings. The van der Waals surface area contributed by atoms with Crippen LogP contribution in [0.1, 0.15) is 11.1 Å². The van der Waals surface area contributed by atoms with Crippen LogP contribution in [0, 0.1) is 12.7 Å². The first-order valence-corrected chi connectivity index (χ1v) is 5.50. The number of anilines is 1. The van der Waals surface area contributed by atoms with Gasteiger partial charge in [0.15, 0.2) is 11.6 Å². The summed E-state index contributed by atoms with van der Waals surface area (Å²) in [5, 5.41) is 0. The van der Waals surface area contributed by atoms with Crippen molar-refractivity contribution in [1.82, 2.24) is 4.98 Å². The van der Waals surface area contributed by atoms with Crippen molar-refractivity contribution in [2.75, 3.05) is 5.43 Å². The fourth-order valence-electron chi connectivity index (χ4n) is 1.49. The smallest absolute Gasteiger partial charge is 0.167 e. The molecule has 94 valence electrons. The Kier molecular flexibility index (Phi) is 3.74. The van der Waals surface area contributed by atoms with E-state index in [-0.39, 0.29) is 18.2 Å². The average Bonchev–Trinajstić information content (AvgIpc) is 2.41. The van der Waals surface area contributed by atoms with E-state index in [0.29, 0.717) is 11.4 Å². The van der Waals surface area contributed by atoms with Crippen LogP contribution in [0.15, 0.2) is 36.5 Å². The minimum Gasteiger partial charge on any atom is -0.486 e. The lowest BCUT2D eigenvalue weighted by Gasteiger charge is -2.08. The van der Waals surface area contributed by atoms with E-state index in [9.17, 15) is 4.39 Å². The number of hydrogen-bond acceptors (Lipinski definition) is 4. The highest BCUT2D eigenvalue weighted by Gasteiger charge is 2.05. The van der Waals surface area contributed by atoms with Gasteiger partial charge in [0.25, 0.3) is 0 Å². The standard InChI is InChI=1S/C13H14FN3O/c1-9-3-2-4-11(13(9)14)18-8-10-5-6-12(17-15)16-7-10/h2-7H,8,15H2,1H3,(H,16,17). The quantitative estimate of drug-likeness (QED) is 0.643. The predicted octanol–water partition coefficient (Wildman–Crippen LogP) is 2.39. The summed E-state index contributed by atoms with van der Waals surface area (Å²) in [4.78, 5) is 4.04. The summed E-state index contributed by atoms with van der Waals surface area (Å²) in [7, 11) is 0. The molecule has 3 N–H and O–H groups in total. The number of rotatable bonds is 4. The minimum atomic E-state index is -0.328. The molecule has 0 amide bonds. The van der Waals surface area contributed by atoms with Gasteiger partial charge in [-0.05, 0) is 24.6 Å². The van der Waals surface area contributed by atoms with Gasteiger partial charge < -0.3 is 10.2 Å². The first-order chi connectivity index (χ1) is 8.70. The van der Waals surface area contributed by atoms with E-state index < -0.39 is 0 Å². The summed E-state index contributed by atoms with van der Waals surface area (Å²) in [5.41, 5.74) is 3.84. The number of benzene rings is 1. The van der Waals surface area contributed by atoms with Gasteiger partial charge in [-0.2, -0.15) is 0 Å². The third-order valence-corrected chi connectivity index (χ3v) is 2.52. The Hall–Kier alpha value is -2.14. The summed E-state index contributed by atoms with van der Waals surface area (Å²) in [6.07, 6.45) is 1.63. The van der Waals surface area contributed by atoms with Gasteiger partial charge in [0.2, 0.25) is 0 Å². The molecule has 0 atom stereocenters. The fraction of sp³-hybridized carbons (Fsp3) is 0.154. The monoisotopic (exact) mass is 247 g/mol. The molecule has 2 rings (SSSR count). The highest BCUT2D eigenvalue weighted by atomic mass is 19.1. The molecule has 1 aromatic carbocycles. The van der Waals surface area contributed by atoms with E-state index in [4.69, 9.17) is 10.6 Å². The largest absolute Gasteiger partial charge is 0.486 e. The van der Waals surface area contributed by atoms with Crippen molar-refractivity contribution >= 4 is 5.82 Å². The molecule has 0 saturated carbocycles. The van der Waals surface area contributed by atoms with Crippen LogP contribution in [-0.2, 0) is 6.61 Å². The van der Waals surface area contributed by atoms with Crippen LogP contribution in [0.25, 0.3) is 0 Å². The number of ether oxygens (including phenoxy) is 1. The van der Waals surface area contributed by atoms with Crippen molar-refractivity contribution in [3.63, 3.8) is 0 Å². The number of halogens is 1. The van der Waals surface area contributed by atoms with Gasteiger partial charge in [-0.15, -0.1) is 0 Å². The summed E-state index contributed by atoms with van der Waals surface area (Å²) >= 11 is 0. The van der Waals surface area contributed by atoms with Gasteiger partial charge in [0.05, 0.1) is 0 Å². The van der Waals surface area contributed by atoms with E-state index in [1.54, 1.807) is 37.4 Å². The third kappa shape index (κ3) is 2.75. The van der Waals surface area contributed by atoms with Crippen molar-refractivity contribution in [2.45, 2.75) is 13.5 Å². The van der Waals surface area contributed by atoms with Crippen molar-refractivity contribution in [3.8, 4) is 5.75 Å². The Bertz CT molecular complexity index is 528. The van der Waals surface area contributed by atoms with Gasteiger partial charge in [0, 0.05) is 11.8 Å². The molecule has 0 aliphatic heterocycles. The second-order valence-corrected chi connectivity index (χ2v) is 3.87. The normalized spacial score (nSPS) is 10.2. The molecule has 1 heterocycles. The number of nitrogens with one attached hydrogen (secondary N) is 1. The molecule has 1 aromatic heterocycles. The topological polar surface area (TPSA) is 60.2 Å². The lowest BCUT2D eigenvalue weighted by Crippen LogP contribution is -2.08. The van der Waals surface area contributed by atoms with Crippen molar-refractivity contribution in [2.24, 2.45) is 5.84 Å². The predicted molar refractivity (Wildman–Crippen MR) is 67.5 cm³/mol. The zero-order chi connectivity index (χ0) is 13.0. The number of nitrogens with two attached hydrogens (primary N) is 1. The molecule has 0 unspecified atom stereocenters. The maximum absolute atomic E-state index is 13.7. The van der Waals surface area contributed by atoms with Crippen LogP contribution in [0.5, 0.6) is 5.75 Å². The van der Waals surface area contributed by atoms with Crippen LogP contribution in [-0.4, -0.2) is 4.98 Å². The molecule has 4 nitrogen and oxygen atoms in total. The lowest BCUT2D eigenvalue weighted by molar-refractivity contribution is 0.289. The highest BCUT2D eigenvalue weighted by molar-refractivity contribution is 5.34. The van der Waals surface area contributed by atoms with Crippen molar-refractivity contribution < 1.29 is 9.13 Å². The van der Waals surface area contributed by atoms with Crippen LogP contribution in [0.3, 0.4) is 0 Å². The minimum absolute atomic E-state index is 0.246. The van der Waals surface area contributed by atoms with Crippen LogP contribution >= 0.6 is 0 Å². The van der Waals surface area contributed by atoms with Crippen molar-refractivity contribution in [1.29, 1.82) is 0 Å². The number of aryl methyl sites for hydroxylation is 1. The van der Waals surface area contributed by atoms with Crippen LogP contribution in [0.4, 0.5) is 10.2 Å². The first kappa shape index (κ1) is 12.3. The third-order valence-electron chi connectivity index (χ3n) is 2.52. The number of nitrogen functional groups attached to an aromatic ring is 1. The Morgan fingerprint density at radius 3 is 2.83 bits per heavy atom. The molecule has 5 heteroatoms. The average molecular weight is 247 g/mol. The molecule has 0 fully saturated rings.